The van der Waals surface area contributed by atoms with Gasteiger partial charge in [0.1, 0.15) is 5.82 Å². The summed E-state index contributed by atoms with van der Waals surface area (Å²) >= 11 is 0. The van der Waals surface area contributed by atoms with Gasteiger partial charge in [0.15, 0.2) is 0 Å². The lowest BCUT2D eigenvalue weighted by Gasteiger charge is -2.23. The van der Waals surface area contributed by atoms with Crippen LogP contribution in [0.5, 0.6) is 0 Å². The van der Waals surface area contributed by atoms with Crippen LogP contribution in [0.15, 0.2) is 18.2 Å². The lowest BCUT2D eigenvalue weighted by molar-refractivity contribution is -0.117. The standard InChI is InChI=1S/C13H17FN2O2.ClH/c1-9-11(14)3-2-4-12(9)16-13(17)7-10-8-18-6-5-15-10;/h2-4,10,15H,5-8H2,1H3,(H,16,17);1H. The summed E-state index contributed by atoms with van der Waals surface area (Å²) < 4.78 is 18.6. The zero-order valence-electron chi connectivity index (χ0n) is 10.7. The van der Waals surface area contributed by atoms with Crippen molar-refractivity contribution in [2.75, 3.05) is 25.1 Å². The van der Waals surface area contributed by atoms with Gasteiger partial charge in [0.2, 0.25) is 5.91 Å². The number of morpholine rings is 1. The minimum absolute atomic E-state index is 0. The predicted molar refractivity (Wildman–Crippen MR) is 74.2 cm³/mol. The Morgan fingerprint density at radius 2 is 2.37 bits per heavy atom. The average molecular weight is 289 g/mol. The molecule has 106 valence electrons. The largest absolute Gasteiger partial charge is 0.378 e. The Morgan fingerprint density at radius 1 is 1.58 bits per heavy atom. The van der Waals surface area contributed by atoms with Crippen LogP contribution in [0.25, 0.3) is 0 Å². The Labute approximate surface area is 118 Å². The van der Waals surface area contributed by atoms with Gasteiger partial charge < -0.3 is 15.4 Å². The molecule has 1 unspecified atom stereocenters. The summed E-state index contributed by atoms with van der Waals surface area (Å²) in [5.41, 5.74) is 0.982. The first-order chi connectivity index (χ1) is 8.66. The quantitative estimate of drug-likeness (QED) is 0.893. The molecule has 4 nitrogen and oxygen atoms in total. The molecular formula is C13H18ClFN2O2. The third kappa shape index (κ3) is 4.45. The number of benzene rings is 1. The van der Waals surface area contributed by atoms with Gasteiger partial charge in [-0.15, -0.1) is 12.4 Å². The van der Waals surface area contributed by atoms with E-state index >= 15 is 0 Å². The van der Waals surface area contributed by atoms with Crippen LogP contribution in [0.2, 0.25) is 0 Å². The van der Waals surface area contributed by atoms with Gasteiger partial charge in [0, 0.05) is 30.3 Å². The molecule has 0 radical (unpaired) electrons. The first-order valence-corrected chi connectivity index (χ1v) is 6.03. The molecule has 6 heteroatoms. The van der Waals surface area contributed by atoms with Crippen molar-refractivity contribution < 1.29 is 13.9 Å². The van der Waals surface area contributed by atoms with E-state index in [9.17, 15) is 9.18 Å². The number of hydrogen-bond donors (Lipinski definition) is 2. The number of carbonyl (C=O) groups excluding carboxylic acids is 1. The number of amides is 1. The molecule has 0 aromatic heterocycles. The van der Waals surface area contributed by atoms with Crippen molar-refractivity contribution in [3.8, 4) is 0 Å². The fraction of sp³-hybridized carbons (Fsp3) is 0.462. The van der Waals surface area contributed by atoms with E-state index in [0.717, 1.165) is 6.54 Å². The van der Waals surface area contributed by atoms with Crippen molar-refractivity contribution in [1.29, 1.82) is 0 Å². The van der Waals surface area contributed by atoms with Crippen LogP contribution in [-0.4, -0.2) is 31.7 Å². The Balaban J connectivity index is 0.00000180. The molecule has 0 saturated carbocycles. The summed E-state index contributed by atoms with van der Waals surface area (Å²) in [6.07, 6.45) is 0.329. The fourth-order valence-corrected chi connectivity index (χ4v) is 1.92. The summed E-state index contributed by atoms with van der Waals surface area (Å²) in [6.45, 7) is 3.63. The smallest absolute Gasteiger partial charge is 0.226 e. The molecule has 1 aromatic carbocycles. The van der Waals surface area contributed by atoms with E-state index in [1.54, 1.807) is 19.1 Å². The highest BCUT2D eigenvalue weighted by Crippen LogP contribution is 2.17. The molecule has 1 heterocycles. The van der Waals surface area contributed by atoms with E-state index in [0.29, 0.717) is 30.9 Å². The molecule has 2 N–H and O–H groups in total. The summed E-state index contributed by atoms with van der Waals surface area (Å²) in [6, 6.07) is 4.69. The van der Waals surface area contributed by atoms with Gasteiger partial charge in [-0.3, -0.25) is 4.79 Å². The maximum atomic E-state index is 13.3. The van der Waals surface area contributed by atoms with Crippen molar-refractivity contribution in [3.05, 3.63) is 29.6 Å². The average Bonchev–Trinajstić information content (AvgIpc) is 2.36. The van der Waals surface area contributed by atoms with Gasteiger partial charge in [-0.05, 0) is 19.1 Å². The lowest BCUT2D eigenvalue weighted by atomic mass is 10.1. The highest BCUT2D eigenvalue weighted by atomic mass is 35.5. The molecule has 1 amide bonds. The number of anilines is 1. The maximum Gasteiger partial charge on any atom is 0.226 e. The van der Waals surface area contributed by atoms with E-state index in [-0.39, 0.29) is 30.2 Å². The van der Waals surface area contributed by atoms with Gasteiger partial charge >= 0.3 is 0 Å². The molecule has 1 aliphatic rings. The van der Waals surface area contributed by atoms with E-state index in [4.69, 9.17) is 4.74 Å². The van der Waals surface area contributed by atoms with E-state index < -0.39 is 0 Å². The first-order valence-electron chi connectivity index (χ1n) is 6.03. The lowest BCUT2D eigenvalue weighted by Crippen LogP contribution is -2.43. The molecule has 1 aromatic rings. The zero-order chi connectivity index (χ0) is 13.0. The maximum absolute atomic E-state index is 13.3. The van der Waals surface area contributed by atoms with E-state index in [1.807, 2.05) is 0 Å². The topological polar surface area (TPSA) is 50.4 Å². The zero-order valence-corrected chi connectivity index (χ0v) is 11.6. The highest BCUT2D eigenvalue weighted by Gasteiger charge is 2.17. The predicted octanol–water partition coefficient (Wildman–Crippen LogP) is 1.87. The number of rotatable bonds is 3. The number of nitrogens with one attached hydrogen (secondary N) is 2. The van der Waals surface area contributed by atoms with Crippen molar-refractivity contribution in [1.82, 2.24) is 5.32 Å². The normalized spacial score (nSPS) is 18.5. The highest BCUT2D eigenvalue weighted by molar-refractivity contribution is 5.91. The van der Waals surface area contributed by atoms with E-state index in [1.165, 1.54) is 6.07 Å². The Hall–Kier alpha value is -1.17. The second kappa shape index (κ2) is 7.43. The van der Waals surface area contributed by atoms with Crippen LogP contribution in [0.4, 0.5) is 10.1 Å². The molecule has 1 saturated heterocycles. The fourth-order valence-electron chi connectivity index (χ4n) is 1.92. The van der Waals surface area contributed by atoms with Crippen molar-refractivity contribution >= 4 is 24.0 Å². The van der Waals surface area contributed by atoms with Crippen LogP contribution >= 0.6 is 12.4 Å². The Morgan fingerprint density at radius 3 is 3.05 bits per heavy atom. The number of hydrogen-bond acceptors (Lipinski definition) is 3. The molecule has 0 spiro atoms. The monoisotopic (exact) mass is 288 g/mol. The molecule has 0 aliphatic carbocycles. The summed E-state index contributed by atoms with van der Waals surface area (Å²) in [4.78, 5) is 11.8. The van der Waals surface area contributed by atoms with Crippen molar-refractivity contribution in [3.63, 3.8) is 0 Å². The van der Waals surface area contributed by atoms with Crippen molar-refractivity contribution in [2.45, 2.75) is 19.4 Å². The summed E-state index contributed by atoms with van der Waals surface area (Å²) in [5.74, 6) is -0.446. The van der Waals surface area contributed by atoms with Gasteiger partial charge in [0.05, 0.1) is 13.2 Å². The number of carbonyl (C=O) groups is 1. The molecule has 1 atom stereocenters. The van der Waals surface area contributed by atoms with Crippen LogP contribution in [0, 0.1) is 12.7 Å². The van der Waals surface area contributed by atoms with Gasteiger partial charge in [0.25, 0.3) is 0 Å². The second-order valence-electron chi connectivity index (χ2n) is 4.39. The molecule has 0 bridgehead atoms. The minimum Gasteiger partial charge on any atom is -0.378 e. The Bertz CT molecular complexity index is 437. The second-order valence-corrected chi connectivity index (χ2v) is 4.39. The molecule has 19 heavy (non-hydrogen) atoms. The van der Waals surface area contributed by atoms with Crippen LogP contribution in [0.3, 0.4) is 0 Å². The van der Waals surface area contributed by atoms with Crippen LogP contribution in [0.1, 0.15) is 12.0 Å². The van der Waals surface area contributed by atoms with Crippen LogP contribution in [-0.2, 0) is 9.53 Å². The molecule has 2 rings (SSSR count). The molecule has 1 fully saturated rings. The van der Waals surface area contributed by atoms with E-state index in [2.05, 4.69) is 10.6 Å². The first kappa shape index (κ1) is 15.9. The van der Waals surface area contributed by atoms with Gasteiger partial charge in [-0.1, -0.05) is 6.07 Å². The van der Waals surface area contributed by atoms with Crippen LogP contribution < -0.4 is 10.6 Å². The third-order valence-corrected chi connectivity index (χ3v) is 2.97. The minimum atomic E-state index is -0.313. The molecular weight excluding hydrogens is 271 g/mol. The van der Waals surface area contributed by atoms with Gasteiger partial charge in [-0.2, -0.15) is 0 Å². The summed E-state index contributed by atoms with van der Waals surface area (Å²) in [5, 5.41) is 5.93. The SMILES string of the molecule is Cc1c(F)cccc1NC(=O)CC1COCCN1.Cl. The third-order valence-electron chi connectivity index (χ3n) is 2.97. The summed E-state index contributed by atoms with van der Waals surface area (Å²) in [7, 11) is 0. The molecule has 1 aliphatic heterocycles. The number of halogens is 2. The Kier molecular flexibility index (Phi) is 6.21. The number of ether oxygens (including phenoxy) is 1. The van der Waals surface area contributed by atoms with Gasteiger partial charge in [-0.25, -0.2) is 4.39 Å². The van der Waals surface area contributed by atoms with Crippen molar-refractivity contribution in [2.24, 2.45) is 0 Å².